The van der Waals surface area contributed by atoms with Crippen molar-refractivity contribution in [2.24, 2.45) is 0 Å². The number of likely N-dealkylation sites (tertiary alicyclic amines) is 1. The van der Waals surface area contributed by atoms with Crippen LogP contribution in [0, 0.1) is 6.92 Å². The van der Waals surface area contributed by atoms with Crippen molar-refractivity contribution in [1.29, 1.82) is 0 Å². The topological polar surface area (TPSA) is 43.8 Å². The first-order chi connectivity index (χ1) is 9.06. The molecule has 1 fully saturated rings. The summed E-state index contributed by atoms with van der Waals surface area (Å²) < 4.78 is 0. The highest BCUT2D eigenvalue weighted by Crippen LogP contribution is 2.23. The highest BCUT2D eigenvalue weighted by Gasteiger charge is 2.24. The molecule has 1 saturated heterocycles. The highest BCUT2D eigenvalue weighted by atomic mass is 16.4. The van der Waals surface area contributed by atoms with Crippen LogP contribution in [0.2, 0.25) is 0 Å². The number of aliphatic carboxylic acids is 1. The predicted octanol–water partition coefficient (Wildman–Crippen LogP) is 1.98. The second-order valence-electron chi connectivity index (χ2n) is 5.39. The van der Waals surface area contributed by atoms with Crippen LogP contribution in [-0.4, -0.2) is 48.7 Å². The Morgan fingerprint density at radius 2 is 1.89 bits per heavy atom. The summed E-state index contributed by atoms with van der Waals surface area (Å²) in [5.74, 6) is -0.764. The van der Waals surface area contributed by atoms with Crippen molar-refractivity contribution in [1.82, 2.24) is 4.90 Å². The lowest BCUT2D eigenvalue weighted by atomic mass is 10.0. The number of carbonyl (C=O) groups is 1. The van der Waals surface area contributed by atoms with Crippen LogP contribution in [0.15, 0.2) is 24.3 Å². The number of nitrogens with zero attached hydrogens (tertiary/aromatic N) is 2. The van der Waals surface area contributed by atoms with Gasteiger partial charge in [-0.25, -0.2) is 0 Å². The number of aryl methyl sites for hydroxylation is 1. The van der Waals surface area contributed by atoms with Gasteiger partial charge in [0.05, 0.1) is 0 Å². The molecule has 0 radical (unpaired) electrons. The minimum atomic E-state index is -0.764. The molecule has 1 aliphatic rings. The van der Waals surface area contributed by atoms with Crippen molar-refractivity contribution in [2.45, 2.75) is 25.8 Å². The van der Waals surface area contributed by atoms with Crippen LogP contribution in [0.4, 0.5) is 5.69 Å². The van der Waals surface area contributed by atoms with E-state index in [9.17, 15) is 4.79 Å². The summed E-state index contributed by atoms with van der Waals surface area (Å²) >= 11 is 0. The summed E-state index contributed by atoms with van der Waals surface area (Å²) in [6.45, 7) is 4.19. The molecule has 0 saturated carbocycles. The Morgan fingerprint density at radius 3 is 2.42 bits per heavy atom. The van der Waals surface area contributed by atoms with Crippen LogP contribution < -0.4 is 4.90 Å². The number of benzene rings is 1. The van der Waals surface area contributed by atoms with Crippen molar-refractivity contribution in [3.05, 3.63) is 29.8 Å². The molecule has 1 aliphatic heterocycles. The molecular weight excluding hydrogens is 240 g/mol. The Kier molecular flexibility index (Phi) is 4.43. The summed E-state index contributed by atoms with van der Waals surface area (Å²) in [5, 5.41) is 9.13. The van der Waals surface area contributed by atoms with Gasteiger partial charge in [-0.05, 0) is 52.0 Å². The Bertz CT molecular complexity index is 422. The van der Waals surface area contributed by atoms with Gasteiger partial charge in [0.25, 0.3) is 0 Å². The lowest BCUT2D eigenvalue weighted by molar-refractivity contribution is -0.135. The second-order valence-corrected chi connectivity index (χ2v) is 5.39. The molecule has 1 aromatic carbocycles. The Balaban J connectivity index is 2.15. The van der Waals surface area contributed by atoms with Crippen molar-refractivity contribution >= 4 is 11.7 Å². The minimum absolute atomic E-state index is 0.0808. The first-order valence-electron chi connectivity index (χ1n) is 6.80. The highest BCUT2D eigenvalue weighted by molar-refractivity contribution is 5.74. The number of piperidine rings is 1. The zero-order chi connectivity index (χ0) is 13.8. The fourth-order valence-corrected chi connectivity index (χ4v) is 2.62. The molecule has 104 valence electrons. The average Bonchev–Trinajstić information content (AvgIpc) is 2.38. The molecule has 0 aliphatic carbocycles. The molecule has 1 aromatic rings. The fourth-order valence-electron chi connectivity index (χ4n) is 2.62. The van der Waals surface area contributed by atoms with Gasteiger partial charge in [0, 0.05) is 11.7 Å². The predicted molar refractivity (Wildman–Crippen MR) is 76.7 cm³/mol. The van der Waals surface area contributed by atoms with Crippen LogP contribution in [0.3, 0.4) is 0 Å². The minimum Gasteiger partial charge on any atom is -0.480 e. The summed E-state index contributed by atoms with van der Waals surface area (Å²) in [6.07, 6.45) is 2.05. The average molecular weight is 262 g/mol. The summed E-state index contributed by atoms with van der Waals surface area (Å²) in [7, 11) is 2.11. The molecule has 19 heavy (non-hydrogen) atoms. The molecule has 0 amide bonds. The number of hydrogen-bond acceptors (Lipinski definition) is 3. The van der Waals surface area contributed by atoms with Gasteiger partial charge in [-0.3, -0.25) is 4.79 Å². The molecule has 1 heterocycles. The zero-order valence-electron chi connectivity index (χ0n) is 11.7. The third kappa shape index (κ3) is 3.70. The van der Waals surface area contributed by atoms with Gasteiger partial charge < -0.3 is 14.9 Å². The Labute approximate surface area is 114 Å². The first-order valence-corrected chi connectivity index (χ1v) is 6.80. The standard InChI is InChI=1S/C15H22N2O2/c1-12-3-5-13(6-4-12)17(11-15(18)19)14-7-9-16(2)10-8-14/h3-6,14H,7-11H2,1-2H3,(H,18,19). The van der Waals surface area contributed by atoms with Gasteiger partial charge in [0.15, 0.2) is 0 Å². The molecule has 4 nitrogen and oxygen atoms in total. The van der Waals surface area contributed by atoms with Crippen molar-refractivity contribution in [2.75, 3.05) is 31.6 Å². The van der Waals surface area contributed by atoms with Crippen molar-refractivity contribution in [3.63, 3.8) is 0 Å². The molecule has 4 heteroatoms. The van der Waals surface area contributed by atoms with Crippen molar-refractivity contribution < 1.29 is 9.90 Å². The van der Waals surface area contributed by atoms with Crippen LogP contribution in [0.25, 0.3) is 0 Å². The molecule has 0 unspecified atom stereocenters. The molecule has 0 aromatic heterocycles. The molecular formula is C15H22N2O2. The Morgan fingerprint density at radius 1 is 1.32 bits per heavy atom. The smallest absolute Gasteiger partial charge is 0.323 e. The third-order valence-electron chi connectivity index (χ3n) is 3.80. The van der Waals surface area contributed by atoms with Gasteiger partial charge in [-0.2, -0.15) is 0 Å². The summed E-state index contributed by atoms with van der Waals surface area (Å²) in [5.41, 5.74) is 2.21. The molecule has 0 atom stereocenters. The summed E-state index contributed by atoms with van der Waals surface area (Å²) in [4.78, 5) is 15.4. The van der Waals surface area contributed by atoms with Gasteiger partial charge >= 0.3 is 5.97 Å². The fraction of sp³-hybridized carbons (Fsp3) is 0.533. The maximum absolute atomic E-state index is 11.1. The van der Waals surface area contributed by atoms with E-state index in [1.807, 2.05) is 36.1 Å². The van der Waals surface area contributed by atoms with Crippen LogP contribution in [0.1, 0.15) is 18.4 Å². The third-order valence-corrected chi connectivity index (χ3v) is 3.80. The van der Waals surface area contributed by atoms with E-state index in [-0.39, 0.29) is 6.54 Å². The van der Waals surface area contributed by atoms with E-state index >= 15 is 0 Å². The molecule has 0 spiro atoms. The lowest BCUT2D eigenvalue weighted by Gasteiger charge is -2.38. The van der Waals surface area contributed by atoms with Gasteiger partial charge in [-0.1, -0.05) is 17.7 Å². The van der Waals surface area contributed by atoms with E-state index in [0.717, 1.165) is 31.6 Å². The number of anilines is 1. The van der Waals surface area contributed by atoms with E-state index in [2.05, 4.69) is 11.9 Å². The normalized spacial score (nSPS) is 17.4. The number of carboxylic acids is 1. The van der Waals surface area contributed by atoms with Crippen molar-refractivity contribution in [3.8, 4) is 0 Å². The van der Waals surface area contributed by atoms with Crippen LogP contribution >= 0.6 is 0 Å². The number of carboxylic acid groups (broad SMARTS) is 1. The van der Waals surface area contributed by atoms with Gasteiger partial charge in [0.2, 0.25) is 0 Å². The summed E-state index contributed by atoms with van der Waals surface area (Å²) in [6, 6.07) is 8.46. The quantitative estimate of drug-likeness (QED) is 0.901. The maximum Gasteiger partial charge on any atom is 0.323 e. The van der Waals surface area contributed by atoms with E-state index in [1.54, 1.807) is 0 Å². The van der Waals surface area contributed by atoms with Crippen LogP contribution in [0.5, 0.6) is 0 Å². The zero-order valence-corrected chi connectivity index (χ0v) is 11.7. The van der Waals surface area contributed by atoms with Gasteiger partial charge in [-0.15, -0.1) is 0 Å². The Hall–Kier alpha value is -1.55. The first kappa shape index (κ1) is 13.9. The second kappa shape index (κ2) is 6.06. The molecule has 2 rings (SSSR count). The van der Waals surface area contributed by atoms with Crippen LogP contribution in [-0.2, 0) is 4.79 Å². The largest absolute Gasteiger partial charge is 0.480 e. The lowest BCUT2D eigenvalue weighted by Crippen LogP contribution is -2.45. The van der Waals surface area contributed by atoms with Gasteiger partial charge in [0.1, 0.15) is 6.54 Å². The number of hydrogen-bond donors (Lipinski definition) is 1. The van der Waals surface area contributed by atoms with E-state index < -0.39 is 5.97 Å². The SMILES string of the molecule is Cc1ccc(N(CC(=O)O)C2CCN(C)CC2)cc1. The van der Waals surface area contributed by atoms with E-state index in [4.69, 9.17) is 5.11 Å². The maximum atomic E-state index is 11.1. The van der Waals surface area contributed by atoms with E-state index in [1.165, 1.54) is 5.56 Å². The number of rotatable bonds is 4. The van der Waals surface area contributed by atoms with E-state index in [0.29, 0.717) is 6.04 Å². The molecule has 1 N–H and O–H groups in total. The molecule has 0 bridgehead atoms. The monoisotopic (exact) mass is 262 g/mol.